The fourth-order valence-corrected chi connectivity index (χ4v) is 2.46. The summed E-state index contributed by atoms with van der Waals surface area (Å²) in [6.07, 6.45) is -0.603. The predicted octanol–water partition coefficient (Wildman–Crippen LogP) is 1.94. The standard InChI is InChI=1S/C15H17NO5/c1-4-20-14(18)12(9(2)17)13-10-7-5-6-8-11(10)21-15(19)16(13)3/h5-8,12-13H,4H2,1-3H3/t12-,13-/m1/s1. The highest BCUT2D eigenvalue weighted by atomic mass is 16.6. The van der Waals surface area contributed by atoms with Gasteiger partial charge in [0.15, 0.2) is 0 Å². The highest BCUT2D eigenvalue weighted by Crippen LogP contribution is 2.39. The third kappa shape index (κ3) is 2.74. The second-order valence-electron chi connectivity index (χ2n) is 4.80. The van der Waals surface area contributed by atoms with Gasteiger partial charge in [-0.15, -0.1) is 0 Å². The van der Waals surface area contributed by atoms with Gasteiger partial charge in [-0.25, -0.2) is 4.79 Å². The summed E-state index contributed by atoms with van der Waals surface area (Å²) in [7, 11) is 1.50. The van der Waals surface area contributed by atoms with Gasteiger partial charge in [0, 0.05) is 12.6 Å². The summed E-state index contributed by atoms with van der Waals surface area (Å²) >= 11 is 0. The molecule has 1 aromatic carbocycles. The quantitative estimate of drug-likeness (QED) is 0.626. The molecule has 6 heteroatoms. The largest absolute Gasteiger partial charge is 0.465 e. The molecular weight excluding hydrogens is 274 g/mol. The number of benzene rings is 1. The van der Waals surface area contributed by atoms with E-state index in [-0.39, 0.29) is 12.4 Å². The fourth-order valence-electron chi connectivity index (χ4n) is 2.46. The summed E-state index contributed by atoms with van der Waals surface area (Å²) < 4.78 is 10.1. The van der Waals surface area contributed by atoms with Crippen molar-refractivity contribution < 1.29 is 23.9 Å². The Bertz CT molecular complexity index is 583. The van der Waals surface area contributed by atoms with Crippen LogP contribution in [0.4, 0.5) is 4.79 Å². The maximum absolute atomic E-state index is 12.1. The molecule has 0 unspecified atom stereocenters. The van der Waals surface area contributed by atoms with Crippen LogP contribution in [0.5, 0.6) is 5.75 Å². The molecule has 0 spiro atoms. The summed E-state index contributed by atoms with van der Waals surface area (Å²) in [5, 5.41) is 0. The Kier molecular flexibility index (Phi) is 4.26. The first-order valence-electron chi connectivity index (χ1n) is 6.68. The lowest BCUT2D eigenvalue weighted by Gasteiger charge is -2.36. The van der Waals surface area contributed by atoms with E-state index in [0.717, 1.165) is 0 Å². The van der Waals surface area contributed by atoms with Gasteiger partial charge >= 0.3 is 12.1 Å². The zero-order valence-electron chi connectivity index (χ0n) is 12.2. The van der Waals surface area contributed by atoms with Crippen LogP contribution in [0, 0.1) is 5.92 Å². The number of amides is 1. The second kappa shape index (κ2) is 5.95. The third-order valence-corrected chi connectivity index (χ3v) is 3.43. The van der Waals surface area contributed by atoms with Gasteiger partial charge in [0.25, 0.3) is 0 Å². The zero-order valence-corrected chi connectivity index (χ0v) is 12.2. The lowest BCUT2D eigenvalue weighted by atomic mass is 9.88. The Morgan fingerprint density at radius 3 is 2.67 bits per heavy atom. The van der Waals surface area contributed by atoms with Gasteiger partial charge in [0.2, 0.25) is 0 Å². The van der Waals surface area contributed by atoms with E-state index in [4.69, 9.17) is 9.47 Å². The van der Waals surface area contributed by atoms with Crippen molar-refractivity contribution in [2.45, 2.75) is 19.9 Å². The summed E-state index contributed by atoms with van der Waals surface area (Å²) in [5.74, 6) is -1.69. The van der Waals surface area contributed by atoms with Gasteiger partial charge in [0.05, 0.1) is 12.6 Å². The topological polar surface area (TPSA) is 72.9 Å². The van der Waals surface area contributed by atoms with Crippen LogP contribution < -0.4 is 4.74 Å². The number of hydrogen-bond acceptors (Lipinski definition) is 5. The minimum Gasteiger partial charge on any atom is -0.465 e. The number of Topliss-reactive ketones (excluding diaryl/α,β-unsaturated/α-hetero) is 1. The molecule has 0 aromatic heterocycles. The smallest absolute Gasteiger partial charge is 0.415 e. The lowest BCUT2D eigenvalue weighted by molar-refractivity contribution is -0.153. The normalized spacial score (nSPS) is 18.5. The molecule has 0 radical (unpaired) electrons. The van der Waals surface area contributed by atoms with E-state index in [1.54, 1.807) is 31.2 Å². The van der Waals surface area contributed by atoms with Crippen LogP contribution in [0.25, 0.3) is 0 Å². The predicted molar refractivity (Wildman–Crippen MR) is 73.8 cm³/mol. The number of rotatable bonds is 4. The maximum Gasteiger partial charge on any atom is 0.415 e. The van der Waals surface area contributed by atoms with Crippen molar-refractivity contribution in [3.63, 3.8) is 0 Å². The molecule has 1 aromatic rings. The Morgan fingerprint density at radius 2 is 2.05 bits per heavy atom. The Balaban J connectivity index is 2.50. The van der Waals surface area contributed by atoms with Gasteiger partial charge in [-0.3, -0.25) is 9.59 Å². The van der Waals surface area contributed by atoms with Crippen molar-refractivity contribution in [1.29, 1.82) is 0 Å². The Labute approximate surface area is 122 Å². The number of ketones is 1. The van der Waals surface area contributed by atoms with E-state index in [1.807, 2.05) is 0 Å². The number of hydrogen-bond donors (Lipinski definition) is 0. The molecular formula is C15H17NO5. The maximum atomic E-state index is 12.1. The average molecular weight is 291 g/mol. The van der Waals surface area contributed by atoms with E-state index >= 15 is 0 Å². The fraction of sp³-hybridized carbons (Fsp3) is 0.400. The number of carbonyl (C=O) groups excluding carboxylic acids is 3. The highest BCUT2D eigenvalue weighted by molar-refractivity contribution is 5.99. The van der Waals surface area contributed by atoms with E-state index in [1.165, 1.54) is 18.9 Å². The van der Waals surface area contributed by atoms with Crippen molar-refractivity contribution in [2.75, 3.05) is 13.7 Å². The molecule has 6 nitrogen and oxygen atoms in total. The molecule has 1 amide bonds. The van der Waals surface area contributed by atoms with Gasteiger partial charge in [0.1, 0.15) is 17.5 Å². The Morgan fingerprint density at radius 1 is 1.38 bits per heavy atom. The first kappa shape index (κ1) is 15.0. The van der Waals surface area contributed by atoms with E-state index in [0.29, 0.717) is 11.3 Å². The van der Waals surface area contributed by atoms with Crippen LogP contribution in [0.15, 0.2) is 24.3 Å². The molecule has 0 fully saturated rings. The molecule has 0 N–H and O–H groups in total. The Hall–Kier alpha value is -2.37. The highest BCUT2D eigenvalue weighted by Gasteiger charge is 2.43. The SMILES string of the molecule is CCOC(=O)[C@H](C(C)=O)[C@H]1c2ccccc2OC(=O)N1C. The number of fused-ring (bicyclic) bond motifs is 1. The molecule has 1 aliphatic heterocycles. The van der Waals surface area contributed by atoms with Gasteiger partial charge in [-0.05, 0) is 19.9 Å². The number of carbonyl (C=O) groups is 3. The first-order valence-corrected chi connectivity index (χ1v) is 6.68. The molecule has 112 valence electrons. The van der Waals surface area contributed by atoms with Crippen molar-refractivity contribution in [3.8, 4) is 5.75 Å². The van der Waals surface area contributed by atoms with Crippen molar-refractivity contribution >= 4 is 17.8 Å². The third-order valence-electron chi connectivity index (χ3n) is 3.43. The number of para-hydroxylation sites is 1. The van der Waals surface area contributed by atoms with Crippen LogP contribution in [0.2, 0.25) is 0 Å². The van der Waals surface area contributed by atoms with Gasteiger partial charge in [-0.2, -0.15) is 0 Å². The van der Waals surface area contributed by atoms with Crippen LogP contribution in [-0.2, 0) is 14.3 Å². The molecule has 0 saturated heterocycles. The van der Waals surface area contributed by atoms with E-state index in [9.17, 15) is 14.4 Å². The van der Waals surface area contributed by atoms with Gasteiger partial charge < -0.3 is 14.4 Å². The van der Waals surface area contributed by atoms with Crippen LogP contribution >= 0.6 is 0 Å². The molecule has 0 saturated carbocycles. The molecule has 1 aliphatic rings. The van der Waals surface area contributed by atoms with Gasteiger partial charge in [-0.1, -0.05) is 18.2 Å². The van der Waals surface area contributed by atoms with Crippen LogP contribution in [-0.4, -0.2) is 36.4 Å². The number of nitrogens with zero attached hydrogens (tertiary/aromatic N) is 1. The van der Waals surface area contributed by atoms with Crippen molar-refractivity contribution in [1.82, 2.24) is 4.90 Å². The summed E-state index contributed by atoms with van der Waals surface area (Å²) in [6.45, 7) is 3.16. The lowest BCUT2D eigenvalue weighted by Crippen LogP contribution is -2.45. The second-order valence-corrected chi connectivity index (χ2v) is 4.80. The summed E-state index contributed by atoms with van der Waals surface area (Å²) in [5.41, 5.74) is 0.618. The number of esters is 1. The first-order chi connectivity index (χ1) is 9.97. The minimum atomic E-state index is -1.07. The molecule has 1 heterocycles. The van der Waals surface area contributed by atoms with Crippen LogP contribution in [0.1, 0.15) is 25.5 Å². The van der Waals surface area contributed by atoms with E-state index < -0.39 is 24.0 Å². The molecule has 21 heavy (non-hydrogen) atoms. The average Bonchev–Trinajstić information content (AvgIpc) is 2.43. The molecule has 0 bridgehead atoms. The molecule has 2 rings (SSSR count). The molecule has 0 aliphatic carbocycles. The monoisotopic (exact) mass is 291 g/mol. The molecule has 2 atom stereocenters. The minimum absolute atomic E-state index is 0.172. The van der Waals surface area contributed by atoms with Crippen LogP contribution in [0.3, 0.4) is 0 Å². The van der Waals surface area contributed by atoms with Crippen molar-refractivity contribution in [2.24, 2.45) is 5.92 Å². The van der Waals surface area contributed by atoms with E-state index in [2.05, 4.69) is 0 Å². The number of ether oxygens (including phenoxy) is 2. The summed E-state index contributed by atoms with van der Waals surface area (Å²) in [6, 6.07) is 6.13. The zero-order chi connectivity index (χ0) is 15.6. The summed E-state index contributed by atoms with van der Waals surface area (Å²) in [4.78, 5) is 37.2. The van der Waals surface area contributed by atoms with Crippen molar-refractivity contribution in [3.05, 3.63) is 29.8 Å².